The summed E-state index contributed by atoms with van der Waals surface area (Å²) in [4.78, 5) is 0. The summed E-state index contributed by atoms with van der Waals surface area (Å²) in [6, 6.07) is 3.64. The van der Waals surface area contributed by atoms with E-state index in [0.717, 1.165) is 0 Å². The average molecular weight is 202 g/mol. The highest BCUT2D eigenvalue weighted by atomic mass is 19.1. The zero-order chi connectivity index (χ0) is 11.1. The smallest absolute Gasteiger partial charge is 0.191 e. The molecule has 0 unspecified atom stereocenters. The fourth-order valence-electron chi connectivity index (χ4n) is 0.831. The molecule has 0 N–H and O–H groups in total. The normalized spacial score (nSPS) is 9.36. The summed E-state index contributed by atoms with van der Waals surface area (Å²) in [7, 11) is 0. The fraction of sp³-hybridized carbons (Fsp3) is 0.455. The second-order valence-corrected chi connectivity index (χ2v) is 2.72. The zero-order valence-electron chi connectivity index (χ0n) is 8.97. The van der Waals surface area contributed by atoms with E-state index >= 15 is 0 Å². The van der Waals surface area contributed by atoms with Crippen LogP contribution in [0.15, 0.2) is 18.2 Å². The summed E-state index contributed by atoms with van der Waals surface area (Å²) in [5.41, 5.74) is 0. The maximum absolute atomic E-state index is 12.8. The summed E-state index contributed by atoms with van der Waals surface area (Å²) in [6.45, 7) is 7.43. The van der Waals surface area contributed by atoms with Gasteiger partial charge in [0.05, 0.1) is 6.10 Å². The van der Waals surface area contributed by atoms with E-state index in [0.29, 0.717) is 0 Å². The van der Waals surface area contributed by atoms with Crippen molar-refractivity contribution in [3.05, 3.63) is 29.8 Å². The van der Waals surface area contributed by atoms with Gasteiger partial charge in [0.2, 0.25) is 0 Å². The lowest BCUT2D eigenvalue weighted by atomic mass is 10.3. The van der Waals surface area contributed by atoms with Crippen LogP contribution in [-0.4, -0.2) is 6.10 Å². The van der Waals surface area contributed by atoms with Crippen molar-refractivity contribution in [2.75, 3.05) is 0 Å². The van der Waals surface area contributed by atoms with Gasteiger partial charge in [-0.15, -0.1) is 0 Å². The largest absolute Gasteiger partial charge is 0.485 e. The van der Waals surface area contributed by atoms with E-state index in [1.165, 1.54) is 18.2 Å². The lowest BCUT2D eigenvalue weighted by Gasteiger charge is -2.10. The van der Waals surface area contributed by atoms with Gasteiger partial charge in [-0.25, -0.2) is 8.78 Å². The van der Waals surface area contributed by atoms with E-state index in [1.807, 2.05) is 13.8 Å². The first-order chi connectivity index (χ1) is 6.61. The number of ether oxygens (including phenoxy) is 1. The van der Waals surface area contributed by atoms with Crippen LogP contribution in [-0.2, 0) is 0 Å². The van der Waals surface area contributed by atoms with E-state index in [1.54, 1.807) is 13.8 Å². The Morgan fingerprint density at radius 2 is 1.50 bits per heavy atom. The standard InChI is InChI=1S/C9H10F2O.C2H6/c1-6(2)12-9-7(10)4-3-5-8(9)11;1-2/h3-6H,1-2H3;1-2H3. The molecule has 0 amide bonds. The predicted molar refractivity (Wildman–Crippen MR) is 53.5 cm³/mol. The van der Waals surface area contributed by atoms with Gasteiger partial charge in [0.1, 0.15) is 0 Å². The van der Waals surface area contributed by atoms with E-state index < -0.39 is 11.6 Å². The molecule has 0 spiro atoms. The van der Waals surface area contributed by atoms with Gasteiger partial charge in [-0.1, -0.05) is 19.9 Å². The lowest BCUT2D eigenvalue weighted by Crippen LogP contribution is -2.08. The van der Waals surface area contributed by atoms with Crippen molar-refractivity contribution in [2.45, 2.75) is 33.8 Å². The molecule has 1 aromatic carbocycles. The SMILES string of the molecule is CC.CC(C)Oc1c(F)cccc1F. The van der Waals surface area contributed by atoms with Crippen LogP contribution in [0.2, 0.25) is 0 Å². The first-order valence-electron chi connectivity index (χ1n) is 4.72. The van der Waals surface area contributed by atoms with E-state index in [2.05, 4.69) is 0 Å². The van der Waals surface area contributed by atoms with Gasteiger partial charge in [-0.05, 0) is 26.0 Å². The molecule has 0 bridgehead atoms. The Kier molecular flexibility index (Phi) is 5.84. The Bertz CT molecular complexity index is 252. The quantitative estimate of drug-likeness (QED) is 0.709. The fourth-order valence-corrected chi connectivity index (χ4v) is 0.831. The van der Waals surface area contributed by atoms with Crippen LogP contribution in [0.1, 0.15) is 27.7 Å². The van der Waals surface area contributed by atoms with Crippen LogP contribution >= 0.6 is 0 Å². The Morgan fingerprint density at radius 3 is 1.86 bits per heavy atom. The van der Waals surface area contributed by atoms with Crippen LogP contribution in [0.25, 0.3) is 0 Å². The third-order valence-electron chi connectivity index (χ3n) is 1.27. The molecule has 1 nitrogen and oxygen atoms in total. The highest BCUT2D eigenvalue weighted by molar-refractivity contribution is 5.26. The van der Waals surface area contributed by atoms with Crippen LogP contribution in [0.3, 0.4) is 0 Å². The number of benzene rings is 1. The number of rotatable bonds is 2. The van der Waals surface area contributed by atoms with E-state index in [-0.39, 0.29) is 11.9 Å². The van der Waals surface area contributed by atoms with Crippen LogP contribution < -0.4 is 4.74 Å². The molecule has 0 atom stereocenters. The van der Waals surface area contributed by atoms with Crippen molar-refractivity contribution >= 4 is 0 Å². The van der Waals surface area contributed by atoms with Crippen molar-refractivity contribution in [1.82, 2.24) is 0 Å². The maximum Gasteiger partial charge on any atom is 0.191 e. The molecule has 80 valence electrons. The van der Waals surface area contributed by atoms with Crippen LogP contribution in [0, 0.1) is 11.6 Å². The molecule has 0 saturated heterocycles. The van der Waals surface area contributed by atoms with Gasteiger partial charge in [-0.2, -0.15) is 0 Å². The highest BCUT2D eigenvalue weighted by Crippen LogP contribution is 2.21. The second kappa shape index (κ2) is 6.35. The highest BCUT2D eigenvalue weighted by Gasteiger charge is 2.10. The van der Waals surface area contributed by atoms with Crippen molar-refractivity contribution in [1.29, 1.82) is 0 Å². The number of halogens is 2. The molecule has 0 fully saturated rings. The molecule has 0 aliphatic rings. The monoisotopic (exact) mass is 202 g/mol. The zero-order valence-corrected chi connectivity index (χ0v) is 8.97. The molecule has 3 heteroatoms. The van der Waals surface area contributed by atoms with E-state index in [9.17, 15) is 8.78 Å². The minimum Gasteiger partial charge on any atom is -0.485 e. The first kappa shape index (κ1) is 12.9. The molecular weight excluding hydrogens is 186 g/mol. The van der Waals surface area contributed by atoms with E-state index in [4.69, 9.17) is 4.74 Å². The first-order valence-corrected chi connectivity index (χ1v) is 4.72. The lowest BCUT2D eigenvalue weighted by molar-refractivity contribution is 0.219. The minimum absolute atomic E-state index is 0.226. The maximum atomic E-state index is 12.8. The predicted octanol–water partition coefficient (Wildman–Crippen LogP) is 3.78. The topological polar surface area (TPSA) is 9.23 Å². The van der Waals surface area contributed by atoms with Crippen LogP contribution in [0.5, 0.6) is 5.75 Å². The molecule has 1 rings (SSSR count). The van der Waals surface area contributed by atoms with Gasteiger partial charge in [-0.3, -0.25) is 0 Å². The number of para-hydroxylation sites is 1. The molecule has 14 heavy (non-hydrogen) atoms. The molecule has 0 saturated carbocycles. The van der Waals surface area contributed by atoms with Gasteiger partial charge in [0.15, 0.2) is 17.4 Å². The molecule has 0 aliphatic carbocycles. The Hall–Kier alpha value is -1.12. The van der Waals surface area contributed by atoms with Crippen molar-refractivity contribution < 1.29 is 13.5 Å². The Balaban J connectivity index is 0.000000791. The third-order valence-corrected chi connectivity index (χ3v) is 1.27. The molecular formula is C11H16F2O. The molecule has 0 aromatic heterocycles. The van der Waals surface area contributed by atoms with Crippen molar-refractivity contribution in [3.63, 3.8) is 0 Å². The summed E-state index contributed by atoms with van der Waals surface area (Å²) in [5, 5.41) is 0. The molecule has 1 aromatic rings. The van der Waals surface area contributed by atoms with Gasteiger partial charge >= 0.3 is 0 Å². The summed E-state index contributed by atoms with van der Waals surface area (Å²) in [5.74, 6) is -1.63. The Morgan fingerprint density at radius 1 is 1.07 bits per heavy atom. The molecule has 0 radical (unpaired) electrons. The summed E-state index contributed by atoms with van der Waals surface area (Å²) >= 11 is 0. The number of hydrogen-bond donors (Lipinski definition) is 0. The molecule has 0 heterocycles. The molecule has 0 aliphatic heterocycles. The van der Waals surface area contributed by atoms with Crippen molar-refractivity contribution in [2.24, 2.45) is 0 Å². The van der Waals surface area contributed by atoms with Crippen molar-refractivity contribution in [3.8, 4) is 5.75 Å². The average Bonchev–Trinajstić information content (AvgIpc) is 2.15. The van der Waals surface area contributed by atoms with Gasteiger partial charge in [0, 0.05) is 0 Å². The van der Waals surface area contributed by atoms with Gasteiger partial charge < -0.3 is 4.74 Å². The number of hydrogen-bond acceptors (Lipinski definition) is 1. The van der Waals surface area contributed by atoms with Crippen LogP contribution in [0.4, 0.5) is 8.78 Å². The summed E-state index contributed by atoms with van der Waals surface area (Å²) < 4.78 is 30.6. The summed E-state index contributed by atoms with van der Waals surface area (Å²) in [6.07, 6.45) is -0.226. The third kappa shape index (κ3) is 3.73. The Labute approximate surface area is 83.7 Å². The second-order valence-electron chi connectivity index (χ2n) is 2.72. The minimum atomic E-state index is -0.663. The van der Waals surface area contributed by atoms with Gasteiger partial charge in [0.25, 0.3) is 0 Å².